The van der Waals surface area contributed by atoms with E-state index in [0.29, 0.717) is 5.41 Å². The Morgan fingerprint density at radius 2 is 1.92 bits per heavy atom. The summed E-state index contributed by atoms with van der Waals surface area (Å²) >= 11 is 0. The molecule has 2 saturated heterocycles. The van der Waals surface area contributed by atoms with Crippen LogP contribution in [0.15, 0.2) is 0 Å². The van der Waals surface area contributed by atoms with Crippen molar-refractivity contribution in [3.63, 3.8) is 0 Å². The van der Waals surface area contributed by atoms with E-state index in [1.54, 1.807) is 0 Å². The van der Waals surface area contributed by atoms with Crippen molar-refractivity contribution in [1.82, 2.24) is 10.6 Å². The summed E-state index contributed by atoms with van der Waals surface area (Å²) in [6.45, 7) is 4.71. The third-order valence-corrected chi connectivity index (χ3v) is 3.36. The van der Waals surface area contributed by atoms with Crippen molar-refractivity contribution in [2.24, 2.45) is 5.41 Å². The van der Waals surface area contributed by atoms with E-state index in [1.807, 2.05) is 0 Å². The monoisotopic (exact) mass is 167 g/mol. The highest BCUT2D eigenvalue weighted by molar-refractivity contribution is 4.87. The average molecular weight is 167 g/mol. The molecule has 2 fully saturated rings. The van der Waals surface area contributed by atoms with Crippen molar-refractivity contribution in [1.29, 1.82) is 0 Å². The van der Waals surface area contributed by atoms with Crippen molar-refractivity contribution < 1.29 is 0 Å². The van der Waals surface area contributed by atoms with Gasteiger partial charge in [-0.3, -0.25) is 0 Å². The SMILES string of the molecule is C1C[N]CC2(C1)CCCNCC2. The molecule has 2 aliphatic heterocycles. The molecule has 2 nitrogen and oxygen atoms in total. The maximum Gasteiger partial charge on any atom is 0.0190 e. The molecule has 1 unspecified atom stereocenters. The van der Waals surface area contributed by atoms with Gasteiger partial charge >= 0.3 is 0 Å². The zero-order valence-electron chi connectivity index (χ0n) is 7.81. The van der Waals surface area contributed by atoms with Gasteiger partial charge in [-0.1, -0.05) is 0 Å². The van der Waals surface area contributed by atoms with E-state index in [4.69, 9.17) is 0 Å². The minimum absolute atomic E-state index is 0.613. The Kier molecular flexibility index (Phi) is 2.66. The van der Waals surface area contributed by atoms with Crippen LogP contribution in [0.25, 0.3) is 0 Å². The van der Waals surface area contributed by atoms with Gasteiger partial charge in [0.2, 0.25) is 0 Å². The van der Waals surface area contributed by atoms with Gasteiger partial charge in [0.1, 0.15) is 0 Å². The summed E-state index contributed by atoms with van der Waals surface area (Å²) in [5.74, 6) is 0. The zero-order chi connectivity index (χ0) is 8.28. The summed E-state index contributed by atoms with van der Waals surface area (Å²) in [5.41, 5.74) is 0.613. The topological polar surface area (TPSA) is 26.1 Å². The molecular weight excluding hydrogens is 148 g/mol. The lowest BCUT2D eigenvalue weighted by Gasteiger charge is -2.35. The van der Waals surface area contributed by atoms with Gasteiger partial charge in [-0.15, -0.1) is 0 Å². The first-order chi connectivity index (χ1) is 5.91. The predicted octanol–water partition coefficient (Wildman–Crippen LogP) is 1.14. The molecule has 0 aromatic heterocycles. The molecule has 0 bridgehead atoms. The van der Waals surface area contributed by atoms with Gasteiger partial charge in [-0.2, -0.15) is 0 Å². The molecule has 1 radical (unpaired) electrons. The van der Waals surface area contributed by atoms with Crippen LogP contribution in [0, 0.1) is 5.41 Å². The third-order valence-electron chi connectivity index (χ3n) is 3.36. The van der Waals surface area contributed by atoms with Gasteiger partial charge in [0.05, 0.1) is 0 Å². The van der Waals surface area contributed by atoms with E-state index < -0.39 is 0 Å². The van der Waals surface area contributed by atoms with Crippen LogP contribution in [0.4, 0.5) is 0 Å². The normalized spacial score (nSPS) is 38.0. The maximum absolute atomic E-state index is 4.57. The second-order valence-corrected chi connectivity index (χ2v) is 4.31. The van der Waals surface area contributed by atoms with Crippen LogP contribution in [0.5, 0.6) is 0 Å². The van der Waals surface area contributed by atoms with E-state index in [1.165, 1.54) is 45.2 Å². The summed E-state index contributed by atoms with van der Waals surface area (Å²) in [6.07, 6.45) is 6.88. The van der Waals surface area contributed by atoms with Crippen molar-refractivity contribution in [3.05, 3.63) is 0 Å². The van der Waals surface area contributed by atoms with Crippen LogP contribution in [-0.2, 0) is 0 Å². The van der Waals surface area contributed by atoms with Crippen LogP contribution >= 0.6 is 0 Å². The Morgan fingerprint density at radius 1 is 1.00 bits per heavy atom. The number of nitrogens with one attached hydrogen (secondary N) is 1. The van der Waals surface area contributed by atoms with Crippen molar-refractivity contribution in [2.75, 3.05) is 26.2 Å². The first kappa shape index (κ1) is 8.52. The van der Waals surface area contributed by atoms with Gasteiger partial charge in [0.25, 0.3) is 0 Å². The number of hydrogen-bond acceptors (Lipinski definition) is 1. The molecule has 0 amide bonds. The summed E-state index contributed by atoms with van der Waals surface area (Å²) in [5, 5.41) is 8.05. The highest BCUT2D eigenvalue weighted by Gasteiger charge is 2.32. The smallest absolute Gasteiger partial charge is 0.0190 e. The van der Waals surface area contributed by atoms with Crippen LogP contribution in [0.2, 0.25) is 0 Å². The summed E-state index contributed by atoms with van der Waals surface area (Å²) < 4.78 is 0. The molecule has 2 heteroatoms. The largest absolute Gasteiger partial charge is 0.317 e. The predicted molar refractivity (Wildman–Crippen MR) is 50.3 cm³/mol. The van der Waals surface area contributed by atoms with Gasteiger partial charge in [-0.05, 0) is 50.6 Å². The first-order valence-electron chi connectivity index (χ1n) is 5.25. The number of rotatable bonds is 0. The zero-order valence-corrected chi connectivity index (χ0v) is 7.81. The van der Waals surface area contributed by atoms with Gasteiger partial charge < -0.3 is 5.32 Å². The van der Waals surface area contributed by atoms with Crippen LogP contribution in [0.3, 0.4) is 0 Å². The molecule has 12 heavy (non-hydrogen) atoms. The molecule has 69 valence electrons. The Labute approximate surface area is 75.1 Å². The van der Waals surface area contributed by atoms with Gasteiger partial charge in [0.15, 0.2) is 0 Å². The molecular formula is C10H19N2. The van der Waals surface area contributed by atoms with E-state index in [0.717, 1.165) is 13.1 Å². The second kappa shape index (κ2) is 3.75. The third kappa shape index (κ3) is 1.80. The summed E-state index contributed by atoms with van der Waals surface area (Å²) in [6, 6.07) is 0. The van der Waals surface area contributed by atoms with Crippen LogP contribution < -0.4 is 10.6 Å². The lowest BCUT2D eigenvalue weighted by atomic mass is 9.75. The molecule has 2 aliphatic rings. The van der Waals surface area contributed by atoms with E-state index in [2.05, 4.69) is 10.6 Å². The molecule has 1 atom stereocenters. The van der Waals surface area contributed by atoms with Crippen molar-refractivity contribution in [3.8, 4) is 0 Å². The quantitative estimate of drug-likeness (QED) is 0.575. The Bertz CT molecular complexity index is 129. The number of piperidine rings is 1. The maximum atomic E-state index is 4.57. The molecule has 0 saturated carbocycles. The molecule has 0 aliphatic carbocycles. The lowest BCUT2D eigenvalue weighted by molar-refractivity contribution is 0.181. The number of hydrogen-bond donors (Lipinski definition) is 1. The van der Waals surface area contributed by atoms with Crippen LogP contribution in [0.1, 0.15) is 32.1 Å². The van der Waals surface area contributed by atoms with E-state index >= 15 is 0 Å². The van der Waals surface area contributed by atoms with Crippen molar-refractivity contribution >= 4 is 0 Å². The molecule has 1 spiro atoms. The summed E-state index contributed by atoms with van der Waals surface area (Å²) in [7, 11) is 0. The lowest BCUT2D eigenvalue weighted by Crippen LogP contribution is -2.36. The highest BCUT2D eigenvalue weighted by Crippen LogP contribution is 2.36. The average Bonchev–Trinajstić information content (AvgIpc) is 2.33. The first-order valence-corrected chi connectivity index (χ1v) is 5.25. The van der Waals surface area contributed by atoms with Gasteiger partial charge in [-0.25, -0.2) is 5.32 Å². The fourth-order valence-corrected chi connectivity index (χ4v) is 2.56. The molecule has 0 aromatic rings. The molecule has 0 aromatic carbocycles. The minimum atomic E-state index is 0.613. The Hall–Kier alpha value is -0.0800. The molecule has 1 N–H and O–H groups in total. The Morgan fingerprint density at radius 3 is 2.75 bits per heavy atom. The Balaban J connectivity index is 1.95. The number of nitrogens with zero attached hydrogens (tertiary/aromatic N) is 1. The molecule has 2 rings (SSSR count). The fraction of sp³-hybridized carbons (Fsp3) is 1.00. The fourth-order valence-electron chi connectivity index (χ4n) is 2.56. The van der Waals surface area contributed by atoms with Crippen molar-refractivity contribution in [2.45, 2.75) is 32.1 Å². The highest BCUT2D eigenvalue weighted by atomic mass is 14.9. The second-order valence-electron chi connectivity index (χ2n) is 4.31. The standard InChI is InChI=1S/C10H19N2/c1-3-10(5-8-11-6-1)4-2-7-12-9-10/h11H,1-9H2. The minimum Gasteiger partial charge on any atom is -0.317 e. The van der Waals surface area contributed by atoms with Gasteiger partial charge in [0, 0.05) is 13.1 Å². The van der Waals surface area contributed by atoms with E-state index in [9.17, 15) is 0 Å². The molecule has 2 heterocycles. The summed E-state index contributed by atoms with van der Waals surface area (Å²) in [4.78, 5) is 0. The van der Waals surface area contributed by atoms with Crippen LogP contribution in [-0.4, -0.2) is 26.2 Å². The van der Waals surface area contributed by atoms with E-state index in [-0.39, 0.29) is 0 Å².